The average Bonchev–Trinajstić information content (AvgIpc) is 2.52. The fraction of sp³-hybridized carbons (Fsp3) is 0.294. The van der Waals surface area contributed by atoms with E-state index in [1.807, 2.05) is 37.4 Å². The Morgan fingerprint density at radius 2 is 1.78 bits per heavy atom. The zero-order valence-corrected chi connectivity index (χ0v) is 13.4. The smallest absolute Gasteiger partial charge is 0.377 e. The molecule has 2 aromatic carbocycles. The van der Waals surface area contributed by atoms with Crippen LogP contribution < -0.4 is 10.6 Å². The Kier molecular flexibility index (Phi) is 5.91. The van der Waals surface area contributed by atoms with Gasteiger partial charge < -0.3 is 10.6 Å². The molecule has 23 heavy (non-hydrogen) atoms. The molecule has 0 aliphatic carbocycles. The second-order valence-electron chi connectivity index (χ2n) is 5.19. The van der Waals surface area contributed by atoms with Gasteiger partial charge in [0, 0.05) is 0 Å². The van der Waals surface area contributed by atoms with Crippen molar-refractivity contribution < 1.29 is 13.2 Å². The molecule has 6 heteroatoms. The summed E-state index contributed by atoms with van der Waals surface area (Å²) in [5.41, 5.74) is 0.563. The number of rotatable bonds is 6. The van der Waals surface area contributed by atoms with E-state index in [1.165, 1.54) is 6.07 Å². The van der Waals surface area contributed by atoms with E-state index < -0.39 is 11.7 Å². The van der Waals surface area contributed by atoms with Gasteiger partial charge in [0.2, 0.25) is 0 Å². The highest BCUT2D eigenvalue weighted by Gasteiger charge is 2.31. The van der Waals surface area contributed by atoms with Crippen LogP contribution in [0.15, 0.2) is 48.5 Å². The summed E-state index contributed by atoms with van der Waals surface area (Å²) >= 11 is 6.07. The minimum Gasteiger partial charge on any atom is -0.377 e. The molecule has 2 nitrogen and oxygen atoms in total. The summed E-state index contributed by atoms with van der Waals surface area (Å²) in [6.45, 7) is 0.725. The van der Waals surface area contributed by atoms with Crippen LogP contribution in [0.4, 0.5) is 18.9 Å². The van der Waals surface area contributed by atoms with Gasteiger partial charge in [-0.2, -0.15) is 13.2 Å². The van der Waals surface area contributed by atoms with Crippen LogP contribution in [0, 0.1) is 0 Å². The molecule has 2 N–H and O–H groups in total. The highest BCUT2D eigenvalue weighted by molar-refractivity contribution is 6.33. The summed E-state index contributed by atoms with van der Waals surface area (Å²) in [6.07, 6.45) is -3.68. The first-order chi connectivity index (χ1) is 10.9. The normalized spacial score (nSPS) is 12.9. The van der Waals surface area contributed by atoms with Crippen molar-refractivity contribution in [2.45, 2.75) is 18.6 Å². The van der Waals surface area contributed by atoms with E-state index in [1.54, 1.807) is 0 Å². The van der Waals surface area contributed by atoms with E-state index in [2.05, 4.69) is 10.6 Å². The maximum Gasteiger partial charge on any atom is 0.416 e. The zero-order chi connectivity index (χ0) is 16.9. The molecule has 0 spiro atoms. The van der Waals surface area contributed by atoms with Crippen LogP contribution in [0.25, 0.3) is 0 Å². The molecule has 0 aliphatic heterocycles. The minimum absolute atomic E-state index is 0.135. The summed E-state index contributed by atoms with van der Waals surface area (Å²) in [4.78, 5) is 0. The number of hydrogen-bond donors (Lipinski definition) is 2. The van der Waals surface area contributed by atoms with Gasteiger partial charge in [0.1, 0.15) is 0 Å². The van der Waals surface area contributed by atoms with E-state index in [-0.39, 0.29) is 16.8 Å². The van der Waals surface area contributed by atoms with Gasteiger partial charge in [-0.1, -0.05) is 41.9 Å². The molecule has 0 saturated carbocycles. The second-order valence-corrected chi connectivity index (χ2v) is 5.60. The van der Waals surface area contributed by atoms with Gasteiger partial charge in [0.15, 0.2) is 0 Å². The Balaban J connectivity index is 2.29. The largest absolute Gasteiger partial charge is 0.416 e. The van der Waals surface area contributed by atoms with Crippen molar-refractivity contribution in [2.75, 3.05) is 18.9 Å². The van der Waals surface area contributed by atoms with E-state index in [9.17, 15) is 13.2 Å². The molecule has 0 fully saturated rings. The summed E-state index contributed by atoms with van der Waals surface area (Å²) in [7, 11) is 1.83. The summed E-state index contributed by atoms with van der Waals surface area (Å²) in [6, 6.07) is 12.8. The first kappa shape index (κ1) is 17.6. The van der Waals surface area contributed by atoms with Crippen molar-refractivity contribution >= 4 is 17.3 Å². The molecule has 0 aliphatic rings. The van der Waals surface area contributed by atoms with Crippen molar-refractivity contribution in [1.29, 1.82) is 0 Å². The Bertz CT molecular complexity index is 629. The van der Waals surface area contributed by atoms with Gasteiger partial charge >= 0.3 is 6.18 Å². The average molecular weight is 343 g/mol. The van der Waals surface area contributed by atoms with E-state index in [0.29, 0.717) is 6.42 Å². The topological polar surface area (TPSA) is 24.1 Å². The molecule has 1 atom stereocenters. The van der Waals surface area contributed by atoms with Crippen LogP contribution >= 0.6 is 11.6 Å². The summed E-state index contributed by atoms with van der Waals surface area (Å²) in [5, 5.41) is 6.46. The van der Waals surface area contributed by atoms with Crippen LogP contribution in [-0.2, 0) is 6.18 Å². The molecule has 2 aromatic rings. The monoisotopic (exact) mass is 342 g/mol. The predicted molar refractivity (Wildman–Crippen MR) is 87.8 cm³/mol. The zero-order valence-electron chi connectivity index (χ0n) is 12.6. The molecular weight excluding hydrogens is 325 g/mol. The molecule has 0 bridgehead atoms. The molecule has 0 heterocycles. The van der Waals surface area contributed by atoms with Gasteiger partial charge in [-0.15, -0.1) is 0 Å². The van der Waals surface area contributed by atoms with Gasteiger partial charge in [-0.3, -0.25) is 0 Å². The standard InChI is InChI=1S/C17H18ClF3N2/c1-22-10-9-15(12-5-3-2-4-6-12)23-16-11-13(17(19,20)21)7-8-14(16)18/h2-8,11,15,22-23H,9-10H2,1H3/t15-/m1/s1. The lowest BCUT2D eigenvalue weighted by atomic mass is 10.0. The Morgan fingerprint density at radius 3 is 2.39 bits per heavy atom. The SMILES string of the molecule is CNCC[C@@H](Nc1cc(C(F)(F)F)ccc1Cl)c1ccccc1. The van der Waals surface area contributed by atoms with Gasteiger partial charge in [0.05, 0.1) is 22.3 Å². The number of halogens is 4. The fourth-order valence-electron chi connectivity index (χ4n) is 2.30. The first-order valence-corrected chi connectivity index (χ1v) is 7.62. The van der Waals surface area contributed by atoms with Crippen LogP contribution in [0.1, 0.15) is 23.6 Å². The van der Waals surface area contributed by atoms with E-state index >= 15 is 0 Å². The van der Waals surface area contributed by atoms with Crippen LogP contribution in [-0.4, -0.2) is 13.6 Å². The number of hydrogen-bond acceptors (Lipinski definition) is 2. The molecule has 0 unspecified atom stereocenters. The van der Waals surface area contributed by atoms with E-state index in [4.69, 9.17) is 11.6 Å². The lowest BCUT2D eigenvalue weighted by Gasteiger charge is -2.22. The van der Waals surface area contributed by atoms with Gasteiger partial charge in [-0.25, -0.2) is 0 Å². The van der Waals surface area contributed by atoms with Crippen molar-refractivity contribution in [1.82, 2.24) is 5.32 Å². The molecule has 2 rings (SSSR count). The van der Waals surface area contributed by atoms with Crippen molar-refractivity contribution in [3.8, 4) is 0 Å². The van der Waals surface area contributed by atoms with Crippen LogP contribution in [0.5, 0.6) is 0 Å². The van der Waals surface area contributed by atoms with E-state index in [0.717, 1.165) is 24.2 Å². The van der Waals surface area contributed by atoms with Crippen LogP contribution in [0.2, 0.25) is 5.02 Å². The fourth-order valence-corrected chi connectivity index (χ4v) is 2.47. The highest BCUT2D eigenvalue weighted by atomic mass is 35.5. The minimum atomic E-state index is -4.39. The second kappa shape index (κ2) is 7.70. The van der Waals surface area contributed by atoms with Crippen LogP contribution in [0.3, 0.4) is 0 Å². The molecule has 0 aromatic heterocycles. The number of nitrogens with one attached hydrogen (secondary N) is 2. The van der Waals surface area contributed by atoms with Gasteiger partial charge in [0.25, 0.3) is 0 Å². The summed E-state index contributed by atoms with van der Waals surface area (Å²) < 4.78 is 38.6. The Labute approximate surface area is 138 Å². The van der Waals surface area contributed by atoms with Gasteiger partial charge in [-0.05, 0) is 43.8 Å². The maximum absolute atomic E-state index is 12.9. The molecule has 0 amide bonds. The lowest BCUT2D eigenvalue weighted by Crippen LogP contribution is -2.18. The third-order valence-corrected chi connectivity index (χ3v) is 3.84. The maximum atomic E-state index is 12.9. The number of alkyl halides is 3. The highest BCUT2D eigenvalue weighted by Crippen LogP contribution is 2.35. The number of benzene rings is 2. The quantitative estimate of drug-likeness (QED) is 0.761. The molecular formula is C17H18ClF3N2. The Morgan fingerprint density at radius 1 is 1.09 bits per heavy atom. The summed E-state index contributed by atoms with van der Waals surface area (Å²) in [5.74, 6) is 0. The van der Waals surface area contributed by atoms with Crippen molar-refractivity contribution in [3.05, 3.63) is 64.7 Å². The van der Waals surface area contributed by atoms with Crippen molar-refractivity contribution in [2.24, 2.45) is 0 Å². The Hall–Kier alpha value is -1.72. The molecule has 0 radical (unpaired) electrons. The third kappa shape index (κ3) is 4.88. The predicted octanol–water partition coefficient (Wildman–Crippen LogP) is 5.12. The number of anilines is 1. The third-order valence-electron chi connectivity index (χ3n) is 3.51. The first-order valence-electron chi connectivity index (χ1n) is 7.24. The molecule has 124 valence electrons. The lowest BCUT2D eigenvalue weighted by molar-refractivity contribution is -0.137. The molecule has 0 saturated heterocycles. The van der Waals surface area contributed by atoms with Crippen molar-refractivity contribution in [3.63, 3.8) is 0 Å².